The molecule has 0 heterocycles. The van der Waals surface area contributed by atoms with E-state index in [0.717, 1.165) is 18.4 Å². The predicted molar refractivity (Wildman–Crippen MR) is 157 cm³/mol. The summed E-state index contributed by atoms with van der Waals surface area (Å²) in [6, 6.07) is 19.3. The van der Waals surface area contributed by atoms with Crippen LogP contribution in [0.5, 0.6) is 5.75 Å². The number of aliphatic hydroxyl groups excluding tert-OH is 1. The maximum absolute atomic E-state index is 15.1. The number of hydrogen-bond acceptors (Lipinski definition) is 2. The second-order valence-corrected chi connectivity index (χ2v) is 9.73. The summed E-state index contributed by atoms with van der Waals surface area (Å²) in [5.41, 5.74) is 2.67. The molecular weight excluding hydrogens is 528 g/mol. The van der Waals surface area contributed by atoms with Gasteiger partial charge in [0.1, 0.15) is 0 Å². The first-order chi connectivity index (χ1) is 19.8. The predicted octanol–water partition coefficient (Wildman–Crippen LogP) is 9.93. The van der Waals surface area contributed by atoms with Crippen LogP contribution < -0.4 is 4.74 Å². The quantitative estimate of drug-likeness (QED) is 0.0809. The van der Waals surface area contributed by atoms with Crippen molar-refractivity contribution in [1.29, 1.82) is 0 Å². The van der Waals surface area contributed by atoms with E-state index in [4.69, 9.17) is 4.74 Å². The fourth-order valence-corrected chi connectivity index (χ4v) is 4.48. The van der Waals surface area contributed by atoms with Gasteiger partial charge in [0.15, 0.2) is 23.2 Å². The summed E-state index contributed by atoms with van der Waals surface area (Å²) >= 11 is 0. The van der Waals surface area contributed by atoms with Gasteiger partial charge in [-0.3, -0.25) is 0 Å². The summed E-state index contributed by atoms with van der Waals surface area (Å²) in [7, 11) is 0. The van der Waals surface area contributed by atoms with E-state index in [9.17, 15) is 13.9 Å². The van der Waals surface area contributed by atoms with Crippen LogP contribution in [0.3, 0.4) is 0 Å². The topological polar surface area (TPSA) is 29.5 Å². The van der Waals surface area contributed by atoms with E-state index in [-0.39, 0.29) is 29.0 Å². The molecule has 41 heavy (non-hydrogen) atoms. The Bertz CT molecular complexity index is 1510. The molecule has 1 unspecified atom stereocenters. The molecule has 0 aliphatic rings. The average molecular weight is 561 g/mol. The fourth-order valence-electron chi connectivity index (χ4n) is 4.48. The Morgan fingerprint density at radius 1 is 0.756 bits per heavy atom. The summed E-state index contributed by atoms with van der Waals surface area (Å²) in [5, 5.41) is 10.2. The van der Waals surface area contributed by atoms with Crippen molar-refractivity contribution >= 4 is 12.2 Å². The molecule has 6 heteroatoms. The first kappa shape index (κ1) is 29.8. The second-order valence-electron chi connectivity index (χ2n) is 9.73. The molecule has 0 amide bonds. The first-order valence-corrected chi connectivity index (χ1v) is 13.6. The van der Waals surface area contributed by atoms with Gasteiger partial charge in [0.2, 0.25) is 5.82 Å². The summed E-state index contributed by atoms with van der Waals surface area (Å²) in [5.74, 6) is -4.13. The molecule has 4 aromatic carbocycles. The van der Waals surface area contributed by atoms with Crippen LogP contribution in [-0.4, -0.2) is 11.7 Å². The molecule has 0 saturated carbocycles. The van der Waals surface area contributed by atoms with E-state index >= 15 is 8.78 Å². The number of benzene rings is 4. The Morgan fingerprint density at radius 3 is 1.95 bits per heavy atom. The van der Waals surface area contributed by atoms with Crippen molar-refractivity contribution in [1.82, 2.24) is 0 Å². The molecule has 2 nitrogen and oxygen atoms in total. The molecule has 212 valence electrons. The van der Waals surface area contributed by atoms with E-state index in [2.05, 4.69) is 6.58 Å². The number of allylic oxidation sites excluding steroid dienone is 1. The van der Waals surface area contributed by atoms with Crippen molar-refractivity contribution in [3.05, 3.63) is 125 Å². The van der Waals surface area contributed by atoms with E-state index in [0.29, 0.717) is 29.5 Å². The zero-order valence-electron chi connectivity index (χ0n) is 22.8. The lowest BCUT2D eigenvalue weighted by atomic mass is 9.96. The Labute approximate surface area is 238 Å². The van der Waals surface area contributed by atoms with Gasteiger partial charge in [-0.05, 0) is 53.6 Å². The lowest BCUT2D eigenvalue weighted by Crippen LogP contribution is -2.01. The SMILES string of the molecule is C=CCCCOc1ccc(/C=C/c2ccc(-c3ccc(-c4ccc(C(O)CCC)cc4)c(F)c3F)cc2)c(F)c1F. The van der Waals surface area contributed by atoms with Crippen molar-refractivity contribution in [3.8, 4) is 28.0 Å². The molecular formula is C35H32F4O2. The van der Waals surface area contributed by atoms with E-state index in [1.54, 1.807) is 60.7 Å². The lowest BCUT2D eigenvalue weighted by molar-refractivity contribution is 0.166. The summed E-state index contributed by atoms with van der Waals surface area (Å²) in [4.78, 5) is 0. The Kier molecular flexibility index (Phi) is 10.1. The highest BCUT2D eigenvalue weighted by Crippen LogP contribution is 2.33. The van der Waals surface area contributed by atoms with Crippen LogP contribution in [0.1, 0.15) is 55.4 Å². The van der Waals surface area contributed by atoms with Crippen LogP contribution in [0.4, 0.5) is 17.6 Å². The normalized spacial score (nSPS) is 12.0. The van der Waals surface area contributed by atoms with Crippen molar-refractivity contribution in [3.63, 3.8) is 0 Å². The minimum atomic E-state index is -1.05. The van der Waals surface area contributed by atoms with Crippen LogP contribution in [0.25, 0.3) is 34.4 Å². The molecule has 1 atom stereocenters. The number of rotatable bonds is 12. The highest BCUT2D eigenvalue weighted by Gasteiger charge is 2.17. The molecule has 0 aliphatic heterocycles. The molecule has 0 saturated heterocycles. The van der Waals surface area contributed by atoms with Crippen LogP contribution in [0.2, 0.25) is 0 Å². The average Bonchev–Trinajstić information content (AvgIpc) is 2.99. The minimum Gasteiger partial charge on any atom is -0.490 e. The van der Waals surface area contributed by atoms with Gasteiger partial charge in [0.05, 0.1) is 12.7 Å². The van der Waals surface area contributed by atoms with E-state index in [1.807, 2.05) is 6.92 Å². The number of unbranched alkanes of at least 4 members (excludes halogenated alkanes) is 1. The first-order valence-electron chi connectivity index (χ1n) is 13.6. The molecule has 0 radical (unpaired) electrons. The maximum atomic E-state index is 15.1. The Morgan fingerprint density at radius 2 is 1.37 bits per heavy atom. The van der Waals surface area contributed by atoms with E-state index < -0.39 is 29.4 Å². The van der Waals surface area contributed by atoms with Crippen molar-refractivity contribution in [2.24, 2.45) is 0 Å². The third-order valence-corrected chi connectivity index (χ3v) is 6.81. The number of hydrogen-bond donors (Lipinski definition) is 1. The third-order valence-electron chi connectivity index (χ3n) is 6.81. The smallest absolute Gasteiger partial charge is 0.201 e. The van der Waals surface area contributed by atoms with Gasteiger partial charge in [-0.2, -0.15) is 4.39 Å². The van der Waals surface area contributed by atoms with Crippen LogP contribution in [-0.2, 0) is 0 Å². The standard InChI is InChI=1S/C35H32F4O2/c1-3-5-6-22-41-31-21-18-27(32(36)35(31)39)13-10-23-8-11-24(12-9-23)28-19-20-29(34(38)33(28)37)25-14-16-26(17-15-25)30(40)7-4-2/h3,8-21,30,40H,1,4-7,22H2,2H3/b13-10+. The van der Waals surface area contributed by atoms with E-state index in [1.165, 1.54) is 30.3 Å². The van der Waals surface area contributed by atoms with Crippen LogP contribution >= 0.6 is 0 Å². The number of aliphatic hydroxyl groups is 1. The van der Waals surface area contributed by atoms with Gasteiger partial charge < -0.3 is 9.84 Å². The van der Waals surface area contributed by atoms with Gasteiger partial charge in [0.25, 0.3) is 0 Å². The zero-order valence-corrected chi connectivity index (χ0v) is 22.8. The zero-order chi connectivity index (χ0) is 29.4. The van der Waals surface area contributed by atoms with Crippen LogP contribution in [0.15, 0.2) is 85.5 Å². The number of ether oxygens (including phenoxy) is 1. The molecule has 0 aromatic heterocycles. The summed E-state index contributed by atoms with van der Waals surface area (Å²) in [6.45, 7) is 5.85. The highest BCUT2D eigenvalue weighted by molar-refractivity contribution is 5.75. The van der Waals surface area contributed by atoms with Gasteiger partial charge in [-0.25, -0.2) is 13.2 Å². The fraction of sp³-hybridized carbons (Fsp3) is 0.200. The molecule has 0 aliphatic carbocycles. The van der Waals surface area contributed by atoms with Gasteiger partial charge >= 0.3 is 0 Å². The molecule has 0 spiro atoms. The third kappa shape index (κ3) is 7.14. The monoisotopic (exact) mass is 560 g/mol. The summed E-state index contributed by atoms with van der Waals surface area (Å²) in [6.07, 6.45) is 7.02. The van der Waals surface area contributed by atoms with Gasteiger partial charge in [-0.1, -0.05) is 92.2 Å². The van der Waals surface area contributed by atoms with Crippen molar-refractivity contribution in [2.45, 2.75) is 38.7 Å². The lowest BCUT2D eigenvalue weighted by Gasteiger charge is -2.12. The molecule has 4 aromatic rings. The molecule has 4 rings (SSSR count). The van der Waals surface area contributed by atoms with Crippen LogP contribution in [0, 0.1) is 23.3 Å². The maximum Gasteiger partial charge on any atom is 0.201 e. The summed E-state index contributed by atoms with van der Waals surface area (Å²) < 4.78 is 64.5. The van der Waals surface area contributed by atoms with Crippen molar-refractivity contribution < 1.29 is 27.4 Å². The van der Waals surface area contributed by atoms with Crippen molar-refractivity contribution in [2.75, 3.05) is 6.61 Å². The van der Waals surface area contributed by atoms with Gasteiger partial charge in [0, 0.05) is 16.7 Å². The highest BCUT2D eigenvalue weighted by atomic mass is 19.2. The largest absolute Gasteiger partial charge is 0.490 e. The Balaban J connectivity index is 1.48. The molecule has 0 fully saturated rings. The Hall–Kier alpha value is -4.16. The van der Waals surface area contributed by atoms with Gasteiger partial charge in [-0.15, -0.1) is 6.58 Å². The second kappa shape index (κ2) is 14.0. The molecule has 1 N–H and O–H groups in total. The molecule has 0 bridgehead atoms. The minimum absolute atomic E-state index is 0.0571. The number of halogens is 4.